The Hall–Kier alpha value is -3.70. The van der Waals surface area contributed by atoms with Crippen LogP contribution in [0.5, 0.6) is 0 Å². The van der Waals surface area contributed by atoms with Gasteiger partial charge in [-0.1, -0.05) is 19.1 Å². The van der Waals surface area contributed by atoms with Crippen LogP contribution in [0.3, 0.4) is 0 Å². The number of ether oxygens (including phenoxy) is 1. The van der Waals surface area contributed by atoms with E-state index in [-0.39, 0.29) is 6.54 Å². The first-order chi connectivity index (χ1) is 17.1. The molecule has 12 nitrogen and oxygen atoms in total. The topological polar surface area (TPSA) is 172 Å². The number of hydrogen-bond donors (Lipinski definition) is 5. The molecule has 1 atom stereocenters. The fourth-order valence-corrected chi connectivity index (χ4v) is 3.56. The monoisotopic (exact) mass is 518 g/mol. The van der Waals surface area contributed by atoms with Gasteiger partial charge in [0, 0.05) is 23.5 Å². The van der Waals surface area contributed by atoms with Crippen LogP contribution in [0.15, 0.2) is 59.5 Å². The number of oxazole rings is 1. The van der Waals surface area contributed by atoms with Crippen LogP contribution in [0, 0.1) is 6.92 Å². The van der Waals surface area contributed by atoms with Crippen LogP contribution in [0.25, 0.3) is 11.3 Å². The van der Waals surface area contributed by atoms with Crippen LogP contribution >= 0.6 is 7.82 Å². The van der Waals surface area contributed by atoms with Crippen molar-refractivity contribution < 1.29 is 37.6 Å². The first-order valence-corrected chi connectivity index (χ1v) is 12.5. The Labute approximate surface area is 207 Å². The number of alkyl carbamates (subject to hydrolysis) is 1. The summed E-state index contributed by atoms with van der Waals surface area (Å²) in [6.07, 6.45) is 1.70. The molecule has 3 rings (SSSR count). The van der Waals surface area contributed by atoms with E-state index in [9.17, 15) is 14.2 Å². The molecule has 1 heterocycles. The number of anilines is 2. The maximum absolute atomic E-state index is 12.5. The molecular weight excluding hydrogens is 491 g/mol. The van der Waals surface area contributed by atoms with Crippen LogP contribution in [-0.4, -0.2) is 39.6 Å². The van der Waals surface area contributed by atoms with E-state index >= 15 is 0 Å². The second kappa shape index (κ2) is 12.3. The zero-order chi connectivity index (χ0) is 26.1. The van der Waals surface area contributed by atoms with Gasteiger partial charge in [0.25, 0.3) is 0 Å². The molecule has 13 heteroatoms. The molecule has 0 unspecified atom stereocenters. The summed E-state index contributed by atoms with van der Waals surface area (Å²) in [6.45, 7) is 3.27. The van der Waals surface area contributed by atoms with Gasteiger partial charge in [0.1, 0.15) is 6.10 Å². The number of carbonyl (C=O) groups is 2. The standard InChI is InChI=1S/C23H27N4O8P/c1-3-19(13-34-36(30,31)32)35-23(29)25-11-16-5-4-6-17(10-16)26-22(28)27-18-7-8-20(15(2)9-18)21-12-24-14-33-21/h4-10,12,14,19H,3,11,13H2,1-2H3,(H,25,29)(H2,26,27,28)(H2,30,31,32)/t19-/m1/s1. The summed E-state index contributed by atoms with van der Waals surface area (Å²) in [7, 11) is -4.65. The molecule has 0 saturated heterocycles. The van der Waals surface area contributed by atoms with Gasteiger partial charge in [0.15, 0.2) is 12.2 Å². The number of carbonyl (C=O) groups excluding carboxylic acids is 2. The highest BCUT2D eigenvalue weighted by Crippen LogP contribution is 2.36. The van der Waals surface area contributed by atoms with Crippen LogP contribution in [0.4, 0.5) is 21.0 Å². The van der Waals surface area contributed by atoms with E-state index in [0.717, 1.165) is 11.1 Å². The van der Waals surface area contributed by atoms with Crippen LogP contribution in [-0.2, 0) is 20.4 Å². The molecular formula is C23H27N4O8P. The molecule has 0 aliphatic heterocycles. The van der Waals surface area contributed by atoms with Gasteiger partial charge < -0.3 is 34.9 Å². The second-order valence-corrected chi connectivity index (χ2v) is 8.99. The lowest BCUT2D eigenvalue weighted by Gasteiger charge is -2.17. The molecule has 0 fully saturated rings. The summed E-state index contributed by atoms with van der Waals surface area (Å²) in [5.74, 6) is 0.637. The van der Waals surface area contributed by atoms with E-state index in [1.54, 1.807) is 43.5 Å². The summed E-state index contributed by atoms with van der Waals surface area (Å²) in [4.78, 5) is 45.9. The Balaban J connectivity index is 1.50. The smallest absolute Gasteiger partial charge is 0.444 e. The Kier molecular flexibility index (Phi) is 9.20. The number of nitrogens with zero attached hydrogens (tertiary/aromatic N) is 1. The fourth-order valence-electron chi connectivity index (χ4n) is 3.20. The SMILES string of the molecule is CC[C@H](COP(=O)(O)O)OC(=O)NCc1cccc(NC(=O)Nc2ccc(-c3cnco3)c(C)c2)c1. The number of urea groups is 1. The number of phosphoric ester groups is 1. The lowest BCUT2D eigenvalue weighted by atomic mass is 10.1. The van der Waals surface area contributed by atoms with Gasteiger partial charge in [-0.25, -0.2) is 19.1 Å². The normalized spacial score (nSPS) is 12.0. The molecule has 1 aromatic heterocycles. The molecule has 0 radical (unpaired) electrons. The average molecular weight is 518 g/mol. The van der Waals surface area contributed by atoms with Crippen molar-refractivity contribution in [2.75, 3.05) is 17.2 Å². The van der Waals surface area contributed by atoms with Gasteiger partial charge in [-0.2, -0.15) is 0 Å². The van der Waals surface area contributed by atoms with Crippen molar-refractivity contribution in [2.24, 2.45) is 0 Å². The van der Waals surface area contributed by atoms with Gasteiger partial charge in [0.05, 0.1) is 12.8 Å². The number of hydrogen-bond acceptors (Lipinski definition) is 7. The van der Waals surface area contributed by atoms with Crippen molar-refractivity contribution >= 4 is 31.3 Å². The number of phosphoric acid groups is 1. The minimum absolute atomic E-state index is 0.105. The van der Waals surface area contributed by atoms with Crippen LogP contribution < -0.4 is 16.0 Å². The lowest BCUT2D eigenvalue weighted by Crippen LogP contribution is -2.30. The van der Waals surface area contributed by atoms with Crippen molar-refractivity contribution in [1.82, 2.24) is 10.3 Å². The predicted molar refractivity (Wildman–Crippen MR) is 131 cm³/mol. The molecule has 192 valence electrons. The third-order valence-corrected chi connectivity index (χ3v) is 5.45. The number of rotatable bonds is 10. The van der Waals surface area contributed by atoms with Crippen molar-refractivity contribution in [1.29, 1.82) is 0 Å². The third kappa shape index (κ3) is 8.51. The largest absolute Gasteiger partial charge is 0.469 e. The Morgan fingerprint density at radius 1 is 1.14 bits per heavy atom. The fraction of sp³-hybridized carbons (Fsp3) is 0.261. The van der Waals surface area contributed by atoms with E-state index in [0.29, 0.717) is 29.1 Å². The zero-order valence-corrected chi connectivity index (χ0v) is 20.5. The molecule has 3 amide bonds. The van der Waals surface area contributed by atoms with Gasteiger partial charge >= 0.3 is 19.9 Å². The molecule has 2 aromatic carbocycles. The highest BCUT2D eigenvalue weighted by Gasteiger charge is 2.20. The number of aromatic nitrogens is 1. The third-order valence-electron chi connectivity index (χ3n) is 4.96. The van der Waals surface area contributed by atoms with Crippen molar-refractivity contribution in [3.63, 3.8) is 0 Å². The van der Waals surface area contributed by atoms with E-state index in [1.165, 1.54) is 6.39 Å². The minimum Gasteiger partial charge on any atom is -0.444 e. The first kappa shape index (κ1) is 26.9. The van der Waals surface area contributed by atoms with Gasteiger partial charge in [-0.15, -0.1) is 0 Å². The molecule has 0 spiro atoms. The Bertz CT molecular complexity index is 1230. The summed E-state index contributed by atoms with van der Waals surface area (Å²) in [5.41, 5.74) is 3.58. The zero-order valence-electron chi connectivity index (χ0n) is 19.6. The van der Waals surface area contributed by atoms with E-state index < -0.39 is 32.7 Å². The summed E-state index contributed by atoms with van der Waals surface area (Å²) in [5, 5.41) is 8.06. The minimum atomic E-state index is -4.65. The summed E-state index contributed by atoms with van der Waals surface area (Å²) >= 11 is 0. The lowest BCUT2D eigenvalue weighted by molar-refractivity contribution is 0.0516. The molecule has 0 aliphatic carbocycles. The van der Waals surface area contributed by atoms with Crippen LogP contribution in [0.1, 0.15) is 24.5 Å². The van der Waals surface area contributed by atoms with E-state index in [1.807, 2.05) is 19.1 Å². The average Bonchev–Trinajstić information content (AvgIpc) is 3.35. The number of amides is 3. The maximum atomic E-state index is 12.5. The highest BCUT2D eigenvalue weighted by atomic mass is 31.2. The summed E-state index contributed by atoms with van der Waals surface area (Å²) < 4.78 is 25.6. The van der Waals surface area contributed by atoms with Crippen LogP contribution in [0.2, 0.25) is 0 Å². The van der Waals surface area contributed by atoms with E-state index in [2.05, 4.69) is 25.5 Å². The second-order valence-electron chi connectivity index (χ2n) is 7.75. The first-order valence-electron chi connectivity index (χ1n) is 10.9. The van der Waals surface area contributed by atoms with Crippen molar-refractivity contribution in [3.8, 4) is 11.3 Å². The number of benzene rings is 2. The molecule has 5 N–H and O–H groups in total. The molecule has 0 aliphatic rings. The predicted octanol–water partition coefficient (Wildman–Crippen LogP) is 4.41. The number of nitrogens with one attached hydrogen (secondary N) is 3. The molecule has 36 heavy (non-hydrogen) atoms. The Morgan fingerprint density at radius 2 is 1.89 bits per heavy atom. The molecule has 0 saturated carbocycles. The highest BCUT2D eigenvalue weighted by molar-refractivity contribution is 7.46. The van der Waals surface area contributed by atoms with Crippen molar-refractivity contribution in [2.45, 2.75) is 32.9 Å². The van der Waals surface area contributed by atoms with Gasteiger partial charge in [-0.3, -0.25) is 4.52 Å². The van der Waals surface area contributed by atoms with E-state index in [4.69, 9.17) is 18.9 Å². The molecule has 0 bridgehead atoms. The molecule has 3 aromatic rings. The van der Waals surface area contributed by atoms with Crippen molar-refractivity contribution in [3.05, 3.63) is 66.2 Å². The number of aryl methyl sites for hydroxylation is 1. The Morgan fingerprint density at radius 3 is 2.53 bits per heavy atom. The summed E-state index contributed by atoms with van der Waals surface area (Å²) in [6, 6.07) is 11.8. The van der Waals surface area contributed by atoms with Gasteiger partial charge in [0.2, 0.25) is 0 Å². The van der Waals surface area contributed by atoms with Gasteiger partial charge in [-0.05, 0) is 54.8 Å². The quantitative estimate of drug-likeness (QED) is 0.244. The maximum Gasteiger partial charge on any atom is 0.469 e.